The van der Waals surface area contributed by atoms with E-state index in [-0.39, 0.29) is 0 Å². The van der Waals surface area contributed by atoms with Crippen molar-refractivity contribution in [1.82, 2.24) is 14.8 Å². The van der Waals surface area contributed by atoms with Crippen molar-refractivity contribution in [2.75, 3.05) is 7.11 Å². The summed E-state index contributed by atoms with van der Waals surface area (Å²) in [5, 5.41) is 4.29. The fourth-order valence-corrected chi connectivity index (χ4v) is 1.93. The summed E-state index contributed by atoms with van der Waals surface area (Å²) in [5.41, 5.74) is 1.89. The van der Waals surface area contributed by atoms with Crippen LogP contribution in [0.2, 0.25) is 0 Å². The number of methoxy groups -OCH3 is 1. The van der Waals surface area contributed by atoms with Crippen LogP contribution in [-0.2, 0) is 11.5 Å². The Morgan fingerprint density at radius 2 is 2.41 bits per heavy atom. The molecule has 6 heteroatoms. The molecule has 0 aliphatic rings. The van der Waals surface area contributed by atoms with Crippen LogP contribution < -0.4 is 0 Å². The summed E-state index contributed by atoms with van der Waals surface area (Å²) in [7, 11) is 1.57. The first-order chi connectivity index (χ1) is 8.26. The number of ether oxygens (including phenoxy) is 1. The second-order valence-corrected chi connectivity index (χ2v) is 4.10. The lowest BCUT2D eigenvalue weighted by molar-refractivity contribution is 0.112. The van der Waals surface area contributed by atoms with E-state index in [1.165, 1.54) is 0 Å². The molecule has 0 radical (unpaired) electrons. The molecule has 0 unspecified atom stereocenters. The van der Waals surface area contributed by atoms with Gasteiger partial charge in [-0.1, -0.05) is 0 Å². The van der Waals surface area contributed by atoms with Gasteiger partial charge >= 0.3 is 0 Å². The van der Waals surface area contributed by atoms with E-state index in [2.05, 4.69) is 26.0 Å². The zero-order chi connectivity index (χ0) is 12.3. The monoisotopic (exact) mass is 295 g/mol. The van der Waals surface area contributed by atoms with Crippen molar-refractivity contribution in [3.8, 4) is 11.3 Å². The smallest absolute Gasteiger partial charge is 0.153 e. The summed E-state index contributed by atoms with van der Waals surface area (Å²) in [6, 6.07) is 3.65. The molecule has 0 atom stereocenters. The Balaban J connectivity index is 2.51. The standard InChI is InChI=1S/C11H10BrN3O2/c1-17-7-15-5-8(6-16)10(14-15)9-3-2-4-13-11(9)12/h2-6H,7H2,1H3. The van der Waals surface area contributed by atoms with Gasteiger partial charge in [0, 0.05) is 25.1 Å². The van der Waals surface area contributed by atoms with Gasteiger partial charge in [-0.05, 0) is 28.1 Å². The number of hydrogen-bond acceptors (Lipinski definition) is 4. The number of nitrogens with zero attached hydrogens (tertiary/aromatic N) is 3. The van der Waals surface area contributed by atoms with E-state index in [1.807, 2.05) is 6.07 Å². The van der Waals surface area contributed by atoms with Gasteiger partial charge in [0.25, 0.3) is 0 Å². The Kier molecular flexibility index (Phi) is 3.65. The van der Waals surface area contributed by atoms with Crippen LogP contribution in [0.3, 0.4) is 0 Å². The third-order valence-electron chi connectivity index (χ3n) is 2.19. The van der Waals surface area contributed by atoms with Crippen molar-refractivity contribution in [3.63, 3.8) is 0 Å². The van der Waals surface area contributed by atoms with Gasteiger partial charge in [0.05, 0.1) is 5.56 Å². The van der Waals surface area contributed by atoms with Gasteiger partial charge in [-0.25, -0.2) is 9.67 Å². The van der Waals surface area contributed by atoms with Crippen LogP contribution >= 0.6 is 15.9 Å². The van der Waals surface area contributed by atoms with Crippen LogP contribution in [0.25, 0.3) is 11.3 Å². The van der Waals surface area contributed by atoms with Crippen molar-refractivity contribution >= 4 is 22.2 Å². The molecule has 0 aliphatic carbocycles. The first kappa shape index (κ1) is 11.9. The minimum atomic E-state index is 0.304. The zero-order valence-electron chi connectivity index (χ0n) is 9.13. The maximum atomic E-state index is 11.0. The molecule has 0 spiro atoms. The van der Waals surface area contributed by atoms with Crippen molar-refractivity contribution in [3.05, 3.63) is 34.7 Å². The van der Waals surface area contributed by atoms with Crippen LogP contribution in [-0.4, -0.2) is 28.2 Å². The van der Waals surface area contributed by atoms with Crippen molar-refractivity contribution in [2.24, 2.45) is 0 Å². The minimum Gasteiger partial charge on any atom is -0.362 e. The number of aromatic nitrogens is 3. The first-order valence-electron chi connectivity index (χ1n) is 4.88. The molecule has 0 bridgehead atoms. The summed E-state index contributed by atoms with van der Waals surface area (Å²) < 4.78 is 7.19. The lowest BCUT2D eigenvalue weighted by Crippen LogP contribution is -2.00. The third-order valence-corrected chi connectivity index (χ3v) is 2.82. The lowest BCUT2D eigenvalue weighted by Gasteiger charge is -2.00. The molecule has 2 heterocycles. The van der Waals surface area contributed by atoms with E-state index in [9.17, 15) is 4.79 Å². The predicted octanol–water partition coefficient (Wildman–Crippen LogP) is 2.12. The van der Waals surface area contributed by atoms with Crippen LogP contribution in [0.5, 0.6) is 0 Å². The Hall–Kier alpha value is -1.53. The van der Waals surface area contributed by atoms with E-state index in [0.29, 0.717) is 22.6 Å². The number of carbonyl (C=O) groups is 1. The maximum absolute atomic E-state index is 11.0. The fourth-order valence-electron chi connectivity index (χ4n) is 1.49. The summed E-state index contributed by atoms with van der Waals surface area (Å²) in [4.78, 5) is 15.1. The Bertz CT molecular complexity index is 539. The second kappa shape index (κ2) is 5.20. The highest BCUT2D eigenvalue weighted by atomic mass is 79.9. The van der Waals surface area contributed by atoms with E-state index in [1.54, 1.807) is 30.3 Å². The molecule has 2 rings (SSSR count). The highest BCUT2D eigenvalue weighted by Gasteiger charge is 2.13. The average Bonchev–Trinajstić information content (AvgIpc) is 2.73. The number of pyridine rings is 1. The Labute approximate surface area is 107 Å². The molecule has 0 aromatic carbocycles. The highest BCUT2D eigenvalue weighted by Crippen LogP contribution is 2.26. The molecule has 0 saturated heterocycles. The first-order valence-corrected chi connectivity index (χ1v) is 5.68. The summed E-state index contributed by atoms with van der Waals surface area (Å²) in [6.45, 7) is 0.304. The van der Waals surface area contributed by atoms with Gasteiger partial charge in [-0.3, -0.25) is 4.79 Å². The molecule has 5 nitrogen and oxygen atoms in total. The van der Waals surface area contributed by atoms with Gasteiger partial charge in [-0.15, -0.1) is 0 Å². The van der Waals surface area contributed by atoms with Crippen LogP contribution in [0.15, 0.2) is 29.1 Å². The number of halogens is 1. The van der Waals surface area contributed by atoms with Crippen LogP contribution in [0.1, 0.15) is 10.4 Å². The number of rotatable bonds is 4. The summed E-state index contributed by atoms with van der Waals surface area (Å²) in [6.07, 6.45) is 4.08. The minimum absolute atomic E-state index is 0.304. The van der Waals surface area contributed by atoms with Gasteiger partial charge in [0.1, 0.15) is 17.0 Å². The molecule has 0 N–H and O–H groups in total. The normalized spacial score (nSPS) is 10.5. The molecular formula is C11H10BrN3O2. The fraction of sp³-hybridized carbons (Fsp3) is 0.182. The quantitative estimate of drug-likeness (QED) is 0.640. The van der Waals surface area contributed by atoms with Crippen LogP contribution in [0.4, 0.5) is 0 Å². The van der Waals surface area contributed by atoms with Gasteiger partial charge in [0.2, 0.25) is 0 Å². The third kappa shape index (κ3) is 2.42. The SMILES string of the molecule is COCn1cc(C=O)c(-c2cccnc2Br)n1. The average molecular weight is 296 g/mol. The Morgan fingerprint density at radius 3 is 3.06 bits per heavy atom. The number of carbonyl (C=O) groups excluding carboxylic acids is 1. The largest absolute Gasteiger partial charge is 0.362 e. The van der Waals surface area contributed by atoms with Gasteiger partial charge in [0.15, 0.2) is 6.29 Å². The molecule has 2 aromatic heterocycles. The van der Waals surface area contributed by atoms with E-state index >= 15 is 0 Å². The zero-order valence-corrected chi connectivity index (χ0v) is 10.7. The lowest BCUT2D eigenvalue weighted by atomic mass is 10.1. The van der Waals surface area contributed by atoms with Crippen molar-refractivity contribution in [2.45, 2.75) is 6.73 Å². The molecule has 2 aromatic rings. The molecule has 0 amide bonds. The van der Waals surface area contributed by atoms with E-state index < -0.39 is 0 Å². The van der Waals surface area contributed by atoms with E-state index in [0.717, 1.165) is 11.8 Å². The predicted molar refractivity (Wildman–Crippen MR) is 65.6 cm³/mol. The van der Waals surface area contributed by atoms with Crippen LogP contribution in [0, 0.1) is 0 Å². The molecule has 0 saturated carbocycles. The molecule has 0 fully saturated rings. The molecule has 0 aliphatic heterocycles. The van der Waals surface area contributed by atoms with Crippen molar-refractivity contribution in [1.29, 1.82) is 0 Å². The number of hydrogen-bond donors (Lipinski definition) is 0. The molecular weight excluding hydrogens is 286 g/mol. The highest BCUT2D eigenvalue weighted by molar-refractivity contribution is 9.10. The Morgan fingerprint density at radius 1 is 1.59 bits per heavy atom. The maximum Gasteiger partial charge on any atom is 0.153 e. The van der Waals surface area contributed by atoms with Gasteiger partial charge in [-0.2, -0.15) is 5.10 Å². The van der Waals surface area contributed by atoms with Gasteiger partial charge < -0.3 is 4.74 Å². The topological polar surface area (TPSA) is 57.0 Å². The molecule has 88 valence electrons. The van der Waals surface area contributed by atoms with E-state index in [4.69, 9.17) is 4.74 Å². The van der Waals surface area contributed by atoms with Crippen molar-refractivity contribution < 1.29 is 9.53 Å². The molecule has 17 heavy (non-hydrogen) atoms. The summed E-state index contributed by atoms with van der Waals surface area (Å²) in [5.74, 6) is 0. The number of aldehydes is 1. The summed E-state index contributed by atoms with van der Waals surface area (Å²) >= 11 is 3.34. The second-order valence-electron chi connectivity index (χ2n) is 3.35.